The molecule has 1 amide bonds. The van der Waals surface area contributed by atoms with Crippen molar-refractivity contribution in [1.29, 1.82) is 0 Å². The largest absolute Gasteiger partial charge is 0.354 e. The monoisotopic (exact) mass is 364 g/mol. The standard InChI is InChI=1S/C18H24N4O2.ClH/c23-17(11-12-9-13-5-6-14(10-12)20-13)19-7-8-22-16-4-2-1-3-15(16)21-18(22)24;/h1-4,12-14,20H,5-11H2,(H,19,23)(H,21,24);1H. The van der Waals surface area contributed by atoms with Crippen LogP contribution >= 0.6 is 12.4 Å². The third kappa shape index (κ3) is 3.90. The summed E-state index contributed by atoms with van der Waals surface area (Å²) in [5.74, 6) is 0.605. The minimum Gasteiger partial charge on any atom is -0.354 e. The van der Waals surface area contributed by atoms with Crippen molar-refractivity contribution in [1.82, 2.24) is 20.2 Å². The Bertz CT molecular complexity index is 788. The molecular weight excluding hydrogens is 340 g/mol. The molecule has 2 aliphatic rings. The maximum Gasteiger partial charge on any atom is 0.326 e. The minimum atomic E-state index is -0.125. The van der Waals surface area contributed by atoms with Crippen LogP contribution in [0.25, 0.3) is 11.0 Å². The number of carbonyl (C=O) groups is 1. The second kappa shape index (κ2) is 7.62. The SMILES string of the molecule is Cl.O=C(CC1CC2CCC(C1)N2)NCCn1c(=O)[nH]c2ccccc21. The van der Waals surface area contributed by atoms with E-state index in [0.717, 1.165) is 23.9 Å². The first-order valence-corrected chi connectivity index (χ1v) is 8.89. The van der Waals surface area contributed by atoms with Gasteiger partial charge in [0.05, 0.1) is 11.0 Å². The Balaban J connectivity index is 0.00000182. The van der Waals surface area contributed by atoms with Crippen LogP contribution in [0.1, 0.15) is 32.1 Å². The Morgan fingerprint density at radius 3 is 2.68 bits per heavy atom. The van der Waals surface area contributed by atoms with Gasteiger partial charge in [0.2, 0.25) is 5.91 Å². The van der Waals surface area contributed by atoms with Gasteiger partial charge in [0.1, 0.15) is 0 Å². The van der Waals surface area contributed by atoms with E-state index in [4.69, 9.17) is 0 Å². The topological polar surface area (TPSA) is 78.9 Å². The first-order chi connectivity index (χ1) is 11.7. The molecule has 2 saturated heterocycles. The summed E-state index contributed by atoms with van der Waals surface area (Å²) in [7, 11) is 0. The molecule has 3 heterocycles. The van der Waals surface area contributed by atoms with E-state index < -0.39 is 0 Å². The highest BCUT2D eigenvalue weighted by Crippen LogP contribution is 2.32. The predicted molar refractivity (Wildman–Crippen MR) is 100 cm³/mol. The molecular formula is C18H25ClN4O2. The molecule has 2 aromatic rings. The minimum absolute atomic E-state index is 0. The second-order valence-electron chi connectivity index (χ2n) is 7.13. The molecule has 6 nitrogen and oxygen atoms in total. The summed E-state index contributed by atoms with van der Waals surface area (Å²) in [6, 6.07) is 8.85. The molecule has 2 bridgehead atoms. The quantitative estimate of drug-likeness (QED) is 0.756. The number of halogens is 1. The number of benzene rings is 1. The number of H-pyrrole nitrogens is 1. The van der Waals surface area contributed by atoms with Crippen LogP contribution in [0.4, 0.5) is 0 Å². The number of hydrogen-bond acceptors (Lipinski definition) is 3. The zero-order chi connectivity index (χ0) is 16.5. The molecule has 1 aromatic carbocycles. The molecule has 2 unspecified atom stereocenters. The van der Waals surface area contributed by atoms with Crippen LogP contribution in [0.15, 0.2) is 29.1 Å². The third-order valence-corrected chi connectivity index (χ3v) is 5.38. The lowest BCUT2D eigenvalue weighted by Gasteiger charge is -2.28. The van der Waals surface area contributed by atoms with Crippen molar-refractivity contribution in [2.24, 2.45) is 5.92 Å². The molecule has 1 aromatic heterocycles. The van der Waals surface area contributed by atoms with Crippen LogP contribution in [-0.4, -0.2) is 34.1 Å². The summed E-state index contributed by atoms with van der Waals surface area (Å²) in [6.45, 7) is 0.977. The fourth-order valence-electron chi connectivity index (χ4n) is 4.31. The Morgan fingerprint density at radius 2 is 1.92 bits per heavy atom. The lowest BCUT2D eigenvalue weighted by atomic mass is 9.89. The summed E-state index contributed by atoms with van der Waals surface area (Å²) in [4.78, 5) is 27.0. The number of para-hydroxylation sites is 2. The smallest absolute Gasteiger partial charge is 0.326 e. The number of piperidine rings is 1. The number of amides is 1. The van der Waals surface area contributed by atoms with Crippen LogP contribution in [0.5, 0.6) is 0 Å². The summed E-state index contributed by atoms with van der Waals surface area (Å²) >= 11 is 0. The van der Waals surface area contributed by atoms with Crippen molar-refractivity contribution in [3.63, 3.8) is 0 Å². The molecule has 0 saturated carbocycles. The number of aromatic amines is 1. The number of rotatable bonds is 5. The van der Waals surface area contributed by atoms with Gasteiger partial charge < -0.3 is 15.6 Å². The van der Waals surface area contributed by atoms with Gasteiger partial charge in [-0.1, -0.05) is 12.1 Å². The molecule has 0 radical (unpaired) electrons. The van der Waals surface area contributed by atoms with E-state index >= 15 is 0 Å². The van der Waals surface area contributed by atoms with Gasteiger partial charge in [0.25, 0.3) is 0 Å². The number of carbonyl (C=O) groups excluding carboxylic acids is 1. The lowest BCUT2D eigenvalue weighted by molar-refractivity contribution is -0.122. The molecule has 0 aliphatic carbocycles. The average Bonchev–Trinajstić information content (AvgIpc) is 3.07. The molecule has 2 fully saturated rings. The van der Waals surface area contributed by atoms with Crippen molar-refractivity contribution in [2.75, 3.05) is 6.54 Å². The van der Waals surface area contributed by atoms with Gasteiger partial charge in [0.15, 0.2) is 0 Å². The molecule has 3 N–H and O–H groups in total. The highest BCUT2D eigenvalue weighted by Gasteiger charge is 2.34. The first-order valence-electron chi connectivity index (χ1n) is 8.89. The van der Waals surface area contributed by atoms with Gasteiger partial charge in [-0.15, -0.1) is 12.4 Å². The van der Waals surface area contributed by atoms with E-state index in [0.29, 0.717) is 37.5 Å². The number of aromatic nitrogens is 2. The van der Waals surface area contributed by atoms with Crippen LogP contribution in [0.3, 0.4) is 0 Å². The fraction of sp³-hybridized carbons (Fsp3) is 0.556. The maximum atomic E-state index is 12.2. The van der Waals surface area contributed by atoms with E-state index in [-0.39, 0.29) is 24.0 Å². The summed E-state index contributed by atoms with van der Waals surface area (Å²) < 4.78 is 1.68. The molecule has 7 heteroatoms. The normalized spacial score (nSPS) is 24.9. The number of imidazole rings is 1. The van der Waals surface area contributed by atoms with E-state index in [1.54, 1.807) is 4.57 Å². The molecule has 25 heavy (non-hydrogen) atoms. The lowest BCUT2D eigenvalue weighted by Crippen LogP contribution is -2.40. The average molecular weight is 365 g/mol. The van der Waals surface area contributed by atoms with Crippen molar-refractivity contribution in [3.05, 3.63) is 34.7 Å². The van der Waals surface area contributed by atoms with E-state index in [9.17, 15) is 9.59 Å². The van der Waals surface area contributed by atoms with E-state index in [1.807, 2.05) is 24.3 Å². The number of nitrogens with zero attached hydrogens (tertiary/aromatic N) is 1. The van der Waals surface area contributed by atoms with Gasteiger partial charge in [-0.25, -0.2) is 4.79 Å². The molecule has 0 spiro atoms. The highest BCUT2D eigenvalue weighted by atomic mass is 35.5. The molecule has 136 valence electrons. The Morgan fingerprint density at radius 1 is 1.20 bits per heavy atom. The van der Waals surface area contributed by atoms with E-state index in [1.165, 1.54) is 12.8 Å². The maximum absolute atomic E-state index is 12.2. The van der Waals surface area contributed by atoms with Crippen LogP contribution < -0.4 is 16.3 Å². The van der Waals surface area contributed by atoms with E-state index in [2.05, 4.69) is 15.6 Å². The van der Waals surface area contributed by atoms with Crippen molar-refractivity contribution in [2.45, 2.75) is 50.7 Å². The zero-order valence-corrected chi connectivity index (χ0v) is 15.0. The Kier molecular flexibility index (Phi) is 5.49. The van der Waals surface area contributed by atoms with Crippen LogP contribution in [0.2, 0.25) is 0 Å². The fourth-order valence-corrected chi connectivity index (χ4v) is 4.31. The second-order valence-corrected chi connectivity index (χ2v) is 7.13. The van der Waals surface area contributed by atoms with Crippen molar-refractivity contribution >= 4 is 29.3 Å². The summed E-state index contributed by atoms with van der Waals surface area (Å²) in [5.41, 5.74) is 1.59. The Labute approximate surface area is 152 Å². The molecule has 2 aliphatic heterocycles. The predicted octanol–water partition coefficient (Wildman–Crippen LogP) is 1.79. The number of nitrogens with one attached hydrogen (secondary N) is 3. The molecule has 4 rings (SSSR count). The van der Waals surface area contributed by atoms with Gasteiger partial charge in [-0.05, 0) is 43.7 Å². The zero-order valence-electron chi connectivity index (χ0n) is 14.2. The van der Waals surface area contributed by atoms with Crippen LogP contribution in [-0.2, 0) is 11.3 Å². The number of hydrogen-bond donors (Lipinski definition) is 3. The first kappa shape index (κ1) is 18.0. The summed E-state index contributed by atoms with van der Waals surface area (Å²) in [5, 5.41) is 6.58. The van der Waals surface area contributed by atoms with Crippen molar-refractivity contribution < 1.29 is 4.79 Å². The molecule has 2 atom stereocenters. The third-order valence-electron chi connectivity index (χ3n) is 5.38. The van der Waals surface area contributed by atoms with Crippen molar-refractivity contribution in [3.8, 4) is 0 Å². The number of fused-ring (bicyclic) bond motifs is 3. The Hall–Kier alpha value is -1.79. The van der Waals surface area contributed by atoms with Gasteiger partial charge in [0, 0.05) is 31.6 Å². The van der Waals surface area contributed by atoms with Gasteiger partial charge in [-0.3, -0.25) is 9.36 Å². The van der Waals surface area contributed by atoms with Gasteiger partial charge in [-0.2, -0.15) is 0 Å². The van der Waals surface area contributed by atoms with Crippen LogP contribution in [0, 0.1) is 5.92 Å². The highest BCUT2D eigenvalue weighted by molar-refractivity contribution is 5.85. The summed E-state index contributed by atoms with van der Waals surface area (Å²) in [6.07, 6.45) is 5.35. The van der Waals surface area contributed by atoms with Gasteiger partial charge >= 0.3 is 5.69 Å².